The van der Waals surface area contributed by atoms with Crippen LogP contribution in [-0.4, -0.2) is 23.4 Å². The molecule has 19 heavy (non-hydrogen) atoms. The number of hydrogen-bond acceptors (Lipinski definition) is 2. The van der Waals surface area contributed by atoms with Crippen molar-refractivity contribution in [1.29, 1.82) is 0 Å². The highest BCUT2D eigenvalue weighted by Crippen LogP contribution is 2.38. The van der Waals surface area contributed by atoms with Crippen molar-refractivity contribution in [2.75, 3.05) is 13.1 Å². The lowest BCUT2D eigenvalue weighted by atomic mass is 10.1. The predicted molar refractivity (Wildman–Crippen MR) is 78.9 cm³/mol. The molecule has 0 spiro atoms. The number of unbranched alkanes of at least 4 members (excludes halogenated alkanes) is 2. The first-order valence-electron chi connectivity index (χ1n) is 7.57. The minimum atomic E-state index is 0.233. The van der Waals surface area contributed by atoms with Crippen molar-refractivity contribution in [2.24, 2.45) is 0 Å². The van der Waals surface area contributed by atoms with Crippen LogP contribution >= 0.6 is 0 Å². The Bertz CT molecular complexity index is 444. The average Bonchev–Trinajstić information content (AvgIpc) is 3.15. The van der Waals surface area contributed by atoms with Gasteiger partial charge in [-0.1, -0.05) is 19.8 Å². The Labute approximate surface area is 116 Å². The number of aromatic nitrogens is 1. The molecule has 2 rings (SSSR count). The smallest absolute Gasteiger partial charge is 0.178 e. The lowest BCUT2D eigenvalue weighted by molar-refractivity contribution is 0.0990. The van der Waals surface area contributed by atoms with Crippen molar-refractivity contribution in [3.05, 3.63) is 23.0 Å². The first-order valence-corrected chi connectivity index (χ1v) is 7.57. The van der Waals surface area contributed by atoms with Crippen LogP contribution in [0.5, 0.6) is 0 Å². The van der Waals surface area contributed by atoms with Gasteiger partial charge in [0, 0.05) is 23.0 Å². The van der Waals surface area contributed by atoms with Crippen LogP contribution in [0.25, 0.3) is 0 Å². The molecule has 0 aliphatic heterocycles. The number of Topliss-reactive ketones (excluding diaryl/α,β-unsaturated/α-hetero) is 1. The van der Waals surface area contributed by atoms with Crippen LogP contribution in [0.1, 0.15) is 66.8 Å². The van der Waals surface area contributed by atoms with Crippen molar-refractivity contribution in [1.82, 2.24) is 9.88 Å². The monoisotopic (exact) mass is 262 g/mol. The van der Waals surface area contributed by atoms with Gasteiger partial charge < -0.3 is 9.88 Å². The van der Waals surface area contributed by atoms with Crippen LogP contribution in [0.2, 0.25) is 0 Å². The second-order valence-corrected chi connectivity index (χ2v) is 5.69. The fraction of sp³-hybridized carbons (Fsp3) is 0.688. The first-order chi connectivity index (χ1) is 9.15. The van der Waals surface area contributed by atoms with Crippen LogP contribution in [0.4, 0.5) is 0 Å². The quantitative estimate of drug-likeness (QED) is 0.575. The molecule has 1 aliphatic carbocycles. The summed E-state index contributed by atoms with van der Waals surface area (Å²) < 4.78 is 2.34. The van der Waals surface area contributed by atoms with Gasteiger partial charge in [-0.3, -0.25) is 4.79 Å². The van der Waals surface area contributed by atoms with E-state index in [1.165, 1.54) is 31.4 Å². The SMILES string of the molecule is CCCCCNCC(=O)c1cc(C)n(C2CC2)c1C. The van der Waals surface area contributed by atoms with Crippen LogP contribution < -0.4 is 5.32 Å². The Morgan fingerprint density at radius 3 is 2.74 bits per heavy atom. The zero-order valence-corrected chi connectivity index (χ0v) is 12.5. The summed E-state index contributed by atoms with van der Waals surface area (Å²) in [5.41, 5.74) is 3.29. The van der Waals surface area contributed by atoms with Gasteiger partial charge in [-0.05, 0) is 45.7 Å². The minimum Gasteiger partial charge on any atom is -0.345 e. The average molecular weight is 262 g/mol. The molecule has 0 saturated heterocycles. The zero-order chi connectivity index (χ0) is 13.8. The number of carbonyl (C=O) groups excluding carboxylic acids is 1. The van der Waals surface area contributed by atoms with Crippen molar-refractivity contribution in [3.8, 4) is 0 Å². The predicted octanol–water partition coefficient (Wildman–Crippen LogP) is 3.40. The molecule has 0 atom stereocenters. The van der Waals surface area contributed by atoms with E-state index in [9.17, 15) is 4.79 Å². The van der Waals surface area contributed by atoms with Crippen LogP contribution in [0, 0.1) is 13.8 Å². The van der Waals surface area contributed by atoms with Gasteiger partial charge in [0.15, 0.2) is 5.78 Å². The Morgan fingerprint density at radius 2 is 2.11 bits per heavy atom. The second-order valence-electron chi connectivity index (χ2n) is 5.69. The molecule has 0 amide bonds. The van der Waals surface area contributed by atoms with Gasteiger partial charge in [0.1, 0.15) is 0 Å². The second kappa shape index (κ2) is 6.38. The highest BCUT2D eigenvalue weighted by molar-refractivity contribution is 5.99. The molecule has 0 unspecified atom stereocenters. The van der Waals surface area contributed by atoms with Crippen LogP contribution in [0.15, 0.2) is 6.07 Å². The van der Waals surface area contributed by atoms with Crippen molar-refractivity contribution in [3.63, 3.8) is 0 Å². The minimum absolute atomic E-state index is 0.233. The van der Waals surface area contributed by atoms with Gasteiger partial charge in [-0.2, -0.15) is 0 Å². The van der Waals surface area contributed by atoms with E-state index in [4.69, 9.17) is 0 Å². The molecule has 106 valence electrons. The third-order valence-electron chi connectivity index (χ3n) is 3.94. The summed E-state index contributed by atoms with van der Waals surface area (Å²) in [6.45, 7) is 7.80. The van der Waals surface area contributed by atoms with E-state index in [-0.39, 0.29) is 5.78 Å². The molecule has 1 saturated carbocycles. The topological polar surface area (TPSA) is 34.0 Å². The highest BCUT2D eigenvalue weighted by Gasteiger charge is 2.28. The highest BCUT2D eigenvalue weighted by atomic mass is 16.1. The van der Waals surface area contributed by atoms with Gasteiger partial charge in [0.2, 0.25) is 0 Å². The number of aryl methyl sites for hydroxylation is 1. The van der Waals surface area contributed by atoms with Crippen molar-refractivity contribution >= 4 is 5.78 Å². The van der Waals surface area contributed by atoms with Gasteiger partial charge in [0.25, 0.3) is 0 Å². The van der Waals surface area contributed by atoms with E-state index >= 15 is 0 Å². The number of hydrogen-bond donors (Lipinski definition) is 1. The van der Waals surface area contributed by atoms with E-state index in [1.807, 2.05) is 0 Å². The Hall–Kier alpha value is -1.09. The Morgan fingerprint density at radius 1 is 1.37 bits per heavy atom. The molecule has 0 bridgehead atoms. The third kappa shape index (κ3) is 3.47. The standard InChI is InChI=1S/C16H26N2O/c1-4-5-6-9-17-11-16(19)15-10-12(2)18(13(15)3)14-7-8-14/h10,14,17H,4-9,11H2,1-3H3. The molecule has 3 nitrogen and oxygen atoms in total. The molecule has 0 aromatic carbocycles. The maximum Gasteiger partial charge on any atom is 0.178 e. The number of nitrogens with one attached hydrogen (secondary N) is 1. The zero-order valence-electron chi connectivity index (χ0n) is 12.5. The van der Waals surface area contributed by atoms with E-state index in [0.29, 0.717) is 12.6 Å². The van der Waals surface area contributed by atoms with E-state index in [0.717, 1.165) is 24.2 Å². The van der Waals surface area contributed by atoms with E-state index in [2.05, 4.69) is 36.7 Å². The molecule has 1 N–H and O–H groups in total. The van der Waals surface area contributed by atoms with Gasteiger partial charge >= 0.3 is 0 Å². The van der Waals surface area contributed by atoms with Crippen molar-refractivity contribution in [2.45, 2.75) is 58.9 Å². The molecule has 1 aromatic heterocycles. The summed E-state index contributed by atoms with van der Waals surface area (Å²) >= 11 is 0. The molecule has 1 aromatic rings. The normalized spacial score (nSPS) is 14.9. The number of nitrogens with zero attached hydrogens (tertiary/aromatic N) is 1. The molecule has 1 aliphatic rings. The molecular weight excluding hydrogens is 236 g/mol. The third-order valence-corrected chi connectivity index (χ3v) is 3.94. The van der Waals surface area contributed by atoms with E-state index < -0.39 is 0 Å². The van der Waals surface area contributed by atoms with Crippen LogP contribution in [0.3, 0.4) is 0 Å². The molecule has 1 fully saturated rings. The van der Waals surface area contributed by atoms with Crippen molar-refractivity contribution < 1.29 is 4.79 Å². The maximum absolute atomic E-state index is 12.2. The fourth-order valence-electron chi connectivity index (χ4n) is 2.75. The summed E-state index contributed by atoms with van der Waals surface area (Å²) in [6.07, 6.45) is 6.14. The maximum atomic E-state index is 12.2. The Kier molecular flexibility index (Phi) is 4.81. The summed E-state index contributed by atoms with van der Waals surface area (Å²) in [5.74, 6) is 0.233. The summed E-state index contributed by atoms with van der Waals surface area (Å²) in [4.78, 5) is 12.2. The van der Waals surface area contributed by atoms with Gasteiger partial charge in [-0.25, -0.2) is 0 Å². The Balaban J connectivity index is 1.90. The fourth-order valence-corrected chi connectivity index (χ4v) is 2.75. The molecule has 0 radical (unpaired) electrons. The number of carbonyl (C=O) groups is 1. The summed E-state index contributed by atoms with van der Waals surface area (Å²) in [5, 5.41) is 3.26. The number of ketones is 1. The van der Waals surface area contributed by atoms with Gasteiger partial charge in [0.05, 0.1) is 6.54 Å². The molecule has 1 heterocycles. The summed E-state index contributed by atoms with van der Waals surface area (Å²) in [7, 11) is 0. The van der Waals surface area contributed by atoms with Crippen LogP contribution in [-0.2, 0) is 0 Å². The largest absolute Gasteiger partial charge is 0.345 e. The molecule has 3 heteroatoms. The van der Waals surface area contributed by atoms with E-state index in [1.54, 1.807) is 0 Å². The van der Waals surface area contributed by atoms with Gasteiger partial charge in [-0.15, -0.1) is 0 Å². The number of rotatable bonds is 8. The lowest BCUT2D eigenvalue weighted by Crippen LogP contribution is -2.24. The first kappa shape index (κ1) is 14.3. The molecular formula is C16H26N2O. The lowest BCUT2D eigenvalue weighted by Gasteiger charge is -2.08. The summed E-state index contributed by atoms with van der Waals surface area (Å²) in [6, 6.07) is 2.71.